The third-order valence-electron chi connectivity index (χ3n) is 3.65. The molecule has 2 rings (SSSR count). The van der Waals surface area contributed by atoms with E-state index in [-0.39, 0.29) is 10.5 Å². The molecule has 0 spiro atoms. The first-order valence-corrected chi connectivity index (χ1v) is 8.96. The molecule has 0 bridgehead atoms. The normalized spacial score (nSPS) is 11.1. The first kappa shape index (κ1) is 17.8. The molecule has 1 amide bonds. The minimum atomic E-state index is -3.77. The Balaban J connectivity index is 2.43. The van der Waals surface area contributed by atoms with E-state index in [1.165, 1.54) is 6.07 Å². The maximum Gasteiger partial charge on any atom is 0.261 e. The van der Waals surface area contributed by atoms with Crippen LogP contribution in [-0.4, -0.2) is 28.4 Å². The molecule has 0 unspecified atom stereocenters. The third kappa shape index (κ3) is 3.86. The van der Waals surface area contributed by atoms with Crippen LogP contribution in [0.25, 0.3) is 0 Å². The van der Waals surface area contributed by atoms with Crippen molar-refractivity contribution < 1.29 is 13.2 Å². The predicted molar refractivity (Wildman–Crippen MR) is 95.9 cm³/mol. The van der Waals surface area contributed by atoms with E-state index in [9.17, 15) is 13.2 Å². The van der Waals surface area contributed by atoms with Gasteiger partial charge in [0.25, 0.3) is 10.0 Å². The molecule has 0 radical (unpaired) electrons. The average molecular weight is 347 g/mol. The Morgan fingerprint density at radius 1 is 1.12 bits per heavy atom. The molecule has 7 heteroatoms. The largest absolute Gasteiger partial charge is 0.376 e. The smallest absolute Gasteiger partial charge is 0.261 e. The number of rotatable bonds is 6. The fourth-order valence-corrected chi connectivity index (χ4v) is 3.33. The van der Waals surface area contributed by atoms with Crippen molar-refractivity contribution in [2.24, 2.45) is 5.73 Å². The zero-order valence-corrected chi connectivity index (χ0v) is 14.7. The Kier molecular flexibility index (Phi) is 5.14. The maximum absolute atomic E-state index is 12.6. The van der Waals surface area contributed by atoms with Crippen LogP contribution in [0.1, 0.15) is 22.8 Å². The molecule has 24 heavy (non-hydrogen) atoms. The minimum Gasteiger partial charge on any atom is -0.376 e. The van der Waals surface area contributed by atoms with E-state index in [1.807, 2.05) is 6.92 Å². The van der Waals surface area contributed by atoms with E-state index < -0.39 is 15.9 Å². The summed E-state index contributed by atoms with van der Waals surface area (Å²) in [7, 11) is -0.196. The zero-order chi connectivity index (χ0) is 17.9. The number of anilines is 2. The molecule has 6 nitrogen and oxygen atoms in total. The minimum absolute atomic E-state index is 0.161. The molecule has 128 valence electrons. The van der Waals surface area contributed by atoms with Crippen molar-refractivity contribution in [3.63, 3.8) is 0 Å². The van der Waals surface area contributed by atoms with Gasteiger partial charge in [-0.3, -0.25) is 9.52 Å². The number of carbonyl (C=O) groups is 1. The van der Waals surface area contributed by atoms with Crippen molar-refractivity contribution in [2.75, 3.05) is 23.7 Å². The fourth-order valence-electron chi connectivity index (χ4n) is 2.27. The zero-order valence-electron chi connectivity index (χ0n) is 13.9. The van der Waals surface area contributed by atoms with Crippen LogP contribution in [0.15, 0.2) is 47.4 Å². The second kappa shape index (κ2) is 6.92. The number of hydrogen-bond acceptors (Lipinski definition) is 4. The van der Waals surface area contributed by atoms with E-state index in [2.05, 4.69) is 4.72 Å². The first-order valence-electron chi connectivity index (χ1n) is 7.47. The van der Waals surface area contributed by atoms with Crippen LogP contribution in [0.2, 0.25) is 0 Å². The fraction of sp³-hybridized carbons (Fsp3) is 0.235. The van der Waals surface area contributed by atoms with Gasteiger partial charge in [-0.05, 0) is 42.3 Å². The molecule has 0 saturated carbocycles. The summed E-state index contributed by atoms with van der Waals surface area (Å²) < 4.78 is 27.8. The predicted octanol–water partition coefficient (Wildman–Crippen LogP) is 2.21. The van der Waals surface area contributed by atoms with Gasteiger partial charge >= 0.3 is 0 Å². The Labute approximate surface area is 142 Å². The average Bonchev–Trinajstić information content (AvgIpc) is 2.54. The van der Waals surface area contributed by atoms with Crippen molar-refractivity contribution in [3.05, 3.63) is 53.6 Å². The van der Waals surface area contributed by atoms with Crippen LogP contribution in [-0.2, 0) is 16.4 Å². The molecular formula is C17H21N3O3S. The van der Waals surface area contributed by atoms with E-state index in [4.69, 9.17) is 5.73 Å². The highest BCUT2D eigenvalue weighted by Crippen LogP contribution is 2.28. The van der Waals surface area contributed by atoms with E-state index in [1.54, 1.807) is 55.4 Å². The number of carbonyl (C=O) groups excluding carboxylic acids is 1. The number of nitrogens with one attached hydrogen (secondary N) is 1. The number of hydrogen-bond donors (Lipinski definition) is 2. The lowest BCUT2D eigenvalue weighted by atomic mass is 10.1. The molecule has 0 aliphatic carbocycles. The van der Waals surface area contributed by atoms with E-state index in [0.29, 0.717) is 11.4 Å². The number of primary amides is 1. The third-order valence-corrected chi connectivity index (χ3v) is 5.03. The van der Waals surface area contributed by atoms with Gasteiger partial charge in [-0.2, -0.15) is 0 Å². The summed E-state index contributed by atoms with van der Waals surface area (Å²) in [5.74, 6) is -0.618. The second-order valence-electron chi connectivity index (χ2n) is 5.59. The van der Waals surface area contributed by atoms with Crippen LogP contribution in [0.4, 0.5) is 11.4 Å². The molecule has 0 fully saturated rings. The summed E-state index contributed by atoms with van der Waals surface area (Å²) in [4.78, 5) is 13.3. The molecule has 3 N–H and O–H groups in total. The number of benzene rings is 2. The van der Waals surface area contributed by atoms with Crippen molar-refractivity contribution in [3.8, 4) is 0 Å². The summed E-state index contributed by atoms with van der Waals surface area (Å²) in [5.41, 5.74) is 7.51. The highest BCUT2D eigenvalue weighted by molar-refractivity contribution is 7.92. The number of sulfonamides is 1. The van der Waals surface area contributed by atoms with E-state index in [0.717, 1.165) is 12.0 Å². The molecule has 0 heterocycles. The van der Waals surface area contributed by atoms with Gasteiger partial charge in [-0.15, -0.1) is 0 Å². The Morgan fingerprint density at radius 2 is 1.75 bits per heavy atom. The Hall–Kier alpha value is -2.54. The van der Waals surface area contributed by atoms with Gasteiger partial charge in [-0.25, -0.2) is 8.42 Å². The Morgan fingerprint density at radius 3 is 2.25 bits per heavy atom. The lowest BCUT2D eigenvalue weighted by Gasteiger charge is -2.19. The monoisotopic (exact) mass is 347 g/mol. The Bertz CT molecular complexity index is 844. The van der Waals surface area contributed by atoms with Crippen molar-refractivity contribution >= 4 is 27.3 Å². The van der Waals surface area contributed by atoms with Crippen LogP contribution in [0.3, 0.4) is 0 Å². The van der Waals surface area contributed by atoms with Crippen molar-refractivity contribution in [1.29, 1.82) is 0 Å². The van der Waals surface area contributed by atoms with Gasteiger partial charge in [0, 0.05) is 19.7 Å². The van der Waals surface area contributed by atoms with Crippen LogP contribution >= 0.6 is 0 Å². The van der Waals surface area contributed by atoms with Gasteiger partial charge in [0.05, 0.1) is 16.3 Å². The number of nitrogens with two attached hydrogens (primary N) is 1. The summed E-state index contributed by atoms with van der Waals surface area (Å²) in [6, 6.07) is 11.3. The highest BCUT2D eigenvalue weighted by atomic mass is 32.2. The molecule has 0 aliphatic rings. The SMILES string of the molecule is CCc1ccc(S(=O)(=O)Nc2cc(C(N)=O)ccc2N(C)C)cc1. The molecule has 2 aromatic carbocycles. The molecular weight excluding hydrogens is 326 g/mol. The number of aryl methyl sites for hydroxylation is 1. The standard InChI is InChI=1S/C17H21N3O3S/c1-4-12-5-8-14(9-6-12)24(22,23)19-15-11-13(17(18)21)7-10-16(15)20(2)3/h5-11,19H,4H2,1-3H3,(H2,18,21). The quantitative estimate of drug-likeness (QED) is 0.838. The van der Waals surface area contributed by atoms with Gasteiger partial charge in [0.15, 0.2) is 0 Å². The van der Waals surface area contributed by atoms with Crippen LogP contribution in [0, 0.1) is 0 Å². The number of amides is 1. The van der Waals surface area contributed by atoms with Crippen LogP contribution < -0.4 is 15.4 Å². The molecule has 0 aliphatic heterocycles. The lowest BCUT2D eigenvalue weighted by Crippen LogP contribution is -2.19. The highest BCUT2D eigenvalue weighted by Gasteiger charge is 2.18. The first-order chi connectivity index (χ1) is 11.2. The number of nitrogens with zero attached hydrogens (tertiary/aromatic N) is 1. The molecule has 2 aromatic rings. The van der Waals surface area contributed by atoms with Gasteiger partial charge in [0.2, 0.25) is 5.91 Å². The summed E-state index contributed by atoms with van der Waals surface area (Å²) in [6.45, 7) is 2.00. The summed E-state index contributed by atoms with van der Waals surface area (Å²) in [6.07, 6.45) is 0.833. The second-order valence-corrected chi connectivity index (χ2v) is 7.28. The topological polar surface area (TPSA) is 92.5 Å². The van der Waals surface area contributed by atoms with Gasteiger partial charge in [0.1, 0.15) is 0 Å². The van der Waals surface area contributed by atoms with Gasteiger partial charge in [-0.1, -0.05) is 19.1 Å². The van der Waals surface area contributed by atoms with Crippen molar-refractivity contribution in [1.82, 2.24) is 0 Å². The lowest BCUT2D eigenvalue weighted by molar-refractivity contribution is 0.100. The van der Waals surface area contributed by atoms with Crippen molar-refractivity contribution in [2.45, 2.75) is 18.2 Å². The van der Waals surface area contributed by atoms with Gasteiger partial charge < -0.3 is 10.6 Å². The molecule has 0 saturated heterocycles. The summed E-state index contributed by atoms with van der Waals surface area (Å²) in [5, 5.41) is 0. The van der Waals surface area contributed by atoms with E-state index >= 15 is 0 Å². The van der Waals surface area contributed by atoms with Crippen LogP contribution in [0.5, 0.6) is 0 Å². The summed E-state index contributed by atoms with van der Waals surface area (Å²) >= 11 is 0. The maximum atomic E-state index is 12.6. The molecule has 0 atom stereocenters. The molecule has 0 aromatic heterocycles.